The van der Waals surface area contributed by atoms with Crippen LogP contribution in [0.3, 0.4) is 0 Å². The van der Waals surface area contributed by atoms with Gasteiger partial charge in [0.1, 0.15) is 13.2 Å². The SMILES string of the molecule is O=C(CS)OCCOC(=O)CS.SCSC(CC(SCS)SCS)SCS. The summed E-state index contributed by atoms with van der Waals surface area (Å²) in [5, 5.41) is 3.48. The molecule has 0 radical (unpaired) electrons. The Balaban J connectivity index is 0. The summed E-state index contributed by atoms with van der Waals surface area (Å²) in [6.07, 6.45) is 1.16. The molecule has 0 saturated heterocycles. The molecule has 0 fully saturated rings. The first-order valence-electron chi connectivity index (χ1n) is 7.41. The zero-order chi connectivity index (χ0) is 20.9. The zero-order valence-corrected chi connectivity index (χ0v) is 23.1. The number of carbonyl (C=O) groups is 2. The van der Waals surface area contributed by atoms with E-state index in [-0.39, 0.29) is 24.7 Å². The molecule has 0 rings (SSSR count). The van der Waals surface area contributed by atoms with Crippen molar-refractivity contribution in [3.05, 3.63) is 0 Å². The minimum absolute atomic E-state index is 0.0283. The van der Waals surface area contributed by atoms with Crippen LogP contribution in [-0.4, -0.2) is 66.2 Å². The van der Waals surface area contributed by atoms with Crippen LogP contribution in [0.2, 0.25) is 0 Å². The third kappa shape index (κ3) is 22.9. The highest BCUT2D eigenvalue weighted by atomic mass is 32.2. The van der Waals surface area contributed by atoms with Gasteiger partial charge in [0.15, 0.2) is 0 Å². The fraction of sp³-hybridized carbons (Fsp3) is 0.846. The van der Waals surface area contributed by atoms with E-state index in [1.165, 1.54) is 0 Å². The average molecular weight is 567 g/mol. The van der Waals surface area contributed by atoms with E-state index in [4.69, 9.17) is 0 Å². The van der Waals surface area contributed by atoms with E-state index in [1.54, 1.807) is 0 Å². The molecule has 0 N–H and O–H groups in total. The number of hydrogen-bond donors (Lipinski definition) is 6. The summed E-state index contributed by atoms with van der Waals surface area (Å²) in [4.78, 5) is 20.9. The summed E-state index contributed by atoms with van der Waals surface area (Å²) in [5.41, 5.74) is 0. The third-order valence-electron chi connectivity index (χ3n) is 2.29. The van der Waals surface area contributed by atoms with Gasteiger partial charge in [0.05, 0.1) is 20.7 Å². The smallest absolute Gasteiger partial charge is 0.315 e. The lowest BCUT2D eigenvalue weighted by Crippen LogP contribution is -2.14. The van der Waals surface area contributed by atoms with Gasteiger partial charge in [-0.3, -0.25) is 9.59 Å². The summed E-state index contributed by atoms with van der Waals surface area (Å²) >= 11 is 31.9. The molecular weight excluding hydrogens is 541 g/mol. The quantitative estimate of drug-likeness (QED) is 0.0753. The van der Waals surface area contributed by atoms with Gasteiger partial charge in [0.2, 0.25) is 0 Å². The van der Waals surface area contributed by atoms with Crippen LogP contribution in [0.15, 0.2) is 0 Å². The first-order valence-corrected chi connectivity index (χ1v) is 15.4. The number of hydrogen-bond acceptors (Lipinski definition) is 14. The second-order valence-electron chi connectivity index (χ2n) is 4.04. The highest BCUT2D eigenvalue weighted by Crippen LogP contribution is 2.37. The molecule has 0 bridgehead atoms. The van der Waals surface area contributed by atoms with Gasteiger partial charge in [-0.15, -0.1) is 47.0 Å². The van der Waals surface area contributed by atoms with Gasteiger partial charge >= 0.3 is 11.9 Å². The number of carbonyl (C=O) groups excluding carboxylic acids is 2. The fourth-order valence-electron chi connectivity index (χ4n) is 1.26. The number of thiol groups is 6. The Morgan fingerprint density at radius 2 is 0.926 bits per heavy atom. The van der Waals surface area contributed by atoms with E-state index in [0.717, 1.165) is 26.8 Å². The van der Waals surface area contributed by atoms with Crippen molar-refractivity contribution in [3.63, 3.8) is 0 Å². The van der Waals surface area contributed by atoms with Gasteiger partial charge in [-0.25, -0.2) is 0 Å². The maximum atomic E-state index is 10.5. The van der Waals surface area contributed by atoms with Gasteiger partial charge in [-0.1, -0.05) is 0 Å². The van der Waals surface area contributed by atoms with Crippen molar-refractivity contribution >= 4 is 135 Å². The van der Waals surface area contributed by atoms with Crippen LogP contribution in [0, 0.1) is 0 Å². The van der Waals surface area contributed by atoms with E-state index in [2.05, 4.69) is 85.2 Å². The van der Waals surface area contributed by atoms with Crippen LogP contribution < -0.4 is 0 Å². The standard InChI is InChI=1S/C7H16S8.C6H10O4S2/c8-2-12-6(13-3-9)1-7(14-4-10)15-5-11;7-5(3-11)9-1-2-10-6(8)4-12/h6-11H,1-5H2;11-12H,1-4H2. The van der Waals surface area contributed by atoms with Gasteiger partial charge in [-0.05, 0) is 6.42 Å². The molecule has 0 aromatic heterocycles. The molecule has 0 unspecified atom stereocenters. The van der Waals surface area contributed by atoms with Gasteiger partial charge in [-0.2, -0.15) is 75.8 Å². The number of ether oxygens (including phenoxy) is 2. The number of thioether (sulfide) groups is 4. The molecule has 27 heavy (non-hydrogen) atoms. The number of rotatable bonds is 15. The highest BCUT2D eigenvalue weighted by molar-refractivity contribution is 8.24. The highest BCUT2D eigenvalue weighted by Gasteiger charge is 2.16. The lowest BCUT2D eigenvalue weighted by molar-refractivity contribution is -0.148. The monoisotopic (exact) mass is 566 g/mol. The summed E-state index contributed by atoms with van der Waals surface area (Å²) < 4.78 is 10.3. The van der Waals surface area contributed by atoms with Crippen LogP contribution in [0.5, 0.6) is 0 Å². The molecule has 14 heteroatoms. The summed E-state index contributed by atoms with van der Waals surface area (Å²) in [5.74, 6) is -0.804. The number of esters is 2. The lowest BCUT2D eigenvalue weighted by Gasteiger charge is -2.20. The minimum atomic E-state index is -0.430. The maximum absolute atomic E-state index is 10.5. The van der Waals surface area contributed by atoms with Crippen molar-refractivity contribution in [1.29, 1.82) is 0 Å². The molecule has 4 nitrogen and oxygen atoms in total. The van der Waals surface area contributed by atoms with Gasteiger partial charge in [0, 0.05) is 20.3 Å². The molecule has 0 aliphatic heterocycles. The average Bonchev–Trinajstić information content (AvgIpc) is 2.66. The van der Waals surface area contributed by atoms with Crippen LogP contribution in [0.1, 0.15) is 6.42 Å². The Hall–Kier alpha value is 2.44. The van der Waals surface area contributed by atoms with E-state index in [9.17, 15) is 9.59 Å². The second kappa shape index (κ2) is 24.7. The molecule has 0 amide bonds. The van der Waals surface area contributed by atoms with Crippen molar-refractivity contribution in [3.8, 4) is 0 Å². The van der Waals surface area contributed by atoms with Crippen molar-refractivity contribution < 1.29 is 19.1 Å². The van der Waals surface area contributed by atoms with Crippen molar-refractivity contribution in [2.75, 3.05) is 45.1 Å². The molecule has 0 saturated carbocycles. The fourth-order valence-corrected chi connectivity index (χ4v) is 8.87. The molecule has 0 heterocycles. The first kappa shape index (κ1) is 31.6. The molecule has 162 valence electrons. The Kier molecular flexibility index (Phi) is 28.9. The van der Waals surface area contributed by atoms with Crippen LogP contribution in [0.4, 0.5) is 0 Å². The molecule has 0 aromatic rings. The minimum Gasteiger partial charge on any atom is -0.461 e. The second-order valence-corrected chi connectivity index (χ2v) is 13.0. The van der Waals surface area contributed by atoms with Gasteiger partial charge in [0.25, 0.3) is 0 Å². The summed E-state index contributed by atoms with van der Waals surface area (Å²) in [6, 6.07) is 0. The van der Waals surface area contributed by atoms with E-state index in [1.807, 2.05) is 47.0 Å². The summed E-state index contributed by atoms with van der Waals surface area (Å²) in [6.45, 7) is 0.137. The van der Waals surface area contributed by atoms with E-state index < -0.39 is 11.9 Å². The van der Waals surface area contributed by atoms with Crippen molar-refractivity contribution in [1.82, 2.24) is 0 Å². The molecule has 0 aromatic carbocycles. The zero-order valence-electron chi connectivity index (χ0n) is 14.5. The Labute approximate surface area is 212 Å². The van der Waals surface area contributed by atoms with E-state index in [0.29, 0.717) is 9.16 Å². The first-order chi connectivity index (χ1) is 13.0. The predicted molar refractivity (Wildman–Crippen MR) is 148 cm³/mol. The molecule has 0 atom stereocenters. The predicted octanol–water partition coefficient (Wildman–Crippen LogP) is 4.44. The van der Waals surface area contributed by atoms with Gasteiger partial charge < -0.3 is 9.47 Å². The molecule has 0 spiro atoms. The van der Waals surface area contributed by atoms with Crippen molar-refractivity contribution in [2.24, 2.45) is 0 Å². The normalized spacial score (nSPS) is 10.5. The Morgan fingerprint density at radius 3 is 1.15 bits per heavy atom. The molecule has 0 aliphatic carbocycles. The molecule has 0 aliphatic rings. The van der Waals surface area contributed by atoms with Crippen LogP contribution in [0.25, 0.3) is 0 Å². The maximum Gasteiger partial charge on any atom is 0.315 e. The van der Waals surface area contributed by atoms with E-state index >= 15 is 0 Å². The molecular formula is C13H26O4S10. The Morgan fingerprint density at radius 1 is 0.630 bits per heavy atom. The third-order valence-corrected chi connectivity index (χ3v) is 9.09. The lowest BCUT2D eigenvalue weighted by atomic mass is 10.5. The largest absolute Gasteiger partial charge is 0.461 e. The van der Waals surface area contributed by atoms with Crippen LogP contribution >= 0.6 is 123 Å². The Bertz CT molecular complexity index is 320. The summed E-state index contributed by atoms with van der Waals surface area (Å²) in [7, 11) is 0. The topological polar surface area (TPSA) is 52.6 Å². The van der Waals surface area contributed by atoms with Crippen LogP contribution in [-0.2, 0) is 19.1 Å². The van der Waals surface area contributed by atoms with Crippen molar-refractivity contribution in [2.45, 2.75) is 15.6 Å².